The van der Waals surface area contributed by atoms with Gasteiger partial charge in [0.05, 0.1) is 0 Å². The number of nitrogens with zero attached hydrogens (tertiary/aromatic N) is 2. The molecule has 3 aromatic rings. The maximum Gasteiger partial charge on any atom is 0.226 e. The van der Waals surface area contributed by atoms with Crippen LogP contribution in [0.1, 0.15) is 18.4 Å². The lowest BCUT2D eigenvalue weighted by molar-refractivity contribution is -0.116. The van der Waals surface area contributed by atoms with Gasteiger partial charge in [0.15, 0.2) is 0 Å². The van der Waals surface area contributed by atoms with Gasteiger partial charge in [0, 0.05) is 49.1 Å². The van der Waals surface area contributed by atoms with Crippen molar-refractivity contribution >= 4 is 35.0 Å². The van der Waals surface area contributed by atoms with Crippen LogP contribution >= 0.6 is 0 Å². The summed E-state index contributed by atoms with van der Waals surface area (Å²) in [5.41, 5.74) is 2.41. The van der Waals surface area contributed by atoms with E-state index in [-0.39, 0.29) is 18.2 Å². The van der Waals surface area contributed by atoms with E-state index >= 15 is 0 Å². The van der Waals surface area contributed by atoms with Crippen LogP contribution in [0.3, 0.4) is 0 Å². The molecule has 1 aromatic heterocycles. The molecule has 0 aliphatic heterocycles. The third kappa shape index (κ3) is 7.43. The first kappa shape index (κ1) is 21.8. The molecule has 0 atom stereocenters. The molecule has 3 rings (SSSR count). The molecule has 0 spiro atoms. The van der Waals surface area contributed by atoms with Crippen molar-refractivity contribution in [1.29, 1.82) is 0 Å². The summed E-state index contributed by atoms with van der Waals surface area (Å²) < 4.78 is 0. The number of hydrogen-bond acceptors (Lipinski definition) is 6. The first-order valence-corrected chi connectivity index (χ1v) is 10.1. The predicted octanol–water partition coefficient (Wildman–Crippen LogP) is 3.67. The molecule has 0 aliphatic rings. The van der Waals surface area contributed by atoms with Gasteiger partial charge < -0.3 is 21.3 Å². The molecule has 0 radical (unpaired) electrons. The smallest absolute Gasteiger partial charge is 0.226 e. The Labute approximate surface area is 181 Å². The number of carbonyl (C=O) groups excluding carboxylic acids is 2. The summed E-state index contributed by atoms with van der Waals surface area (Å²) in [6, 6.07) is 18.6. The average molecular weight is 419 g/mol. The lowest BCUT2D eigenvalue weighted by Gasteiger charge is -2.11. The summed E-state index contributed by atoms with van der Waals surface area (Å²) in [6.45, 7) is 2.74. The maximum atomic E-state index is 12.1. The molecule has 0 fully saturated rings. The minimum absolute atomic E-state index is 0.0758. The molecule has 8 nitrogen and oxygen atoms in total. The molecule has 160 valence electrons. The van der Waals surface area contributed by atoms with E-state index in [4.69, 9.17) is 0 Å². The highest BCUT2D eigenvalue weighted by molar-refractivity contribution is 5.91. The van der Waals surface area contributed by atoms with Gasteiger partial charge in [-0.25, -0.2) is 4.98 Å². The van der Waals surface area contributed by atoms with Gasteiger partial charge in [0.25, 0.3) is 0 Å². The number of nitrogens with one attached hydrogen (secondary N) is 4. The molecule has 0 unspecified atom stereocenters. The van der Waals surface area contributed by atoms with E-state index in [1.165, 1.54) is 0 Å². The summed E-state index contributed by atoms with van der Waals surface area (Å²) in [4.78, 5) is 32.8. The molecule has 8 heteroatoms. The summed E-state index contributed by atoms with van der Waals surface area (Å²) in [7, 11) is 0. The Morgan fingerprint density at radius 3 is 1.84 bits per heavy atom. The standard InChI is InChI=1S/C23H26N6O2/c1-17-16-26-23(25-15-13-21(31)28-19-10-6-3-7-11-19)29-22(17)24-14-12-20(30)27-18-8-4-2-5-9-18/h2-11,16H,12-15H2,1H3,(H,27,30)(H,28,31)(H2,24,25,26,29). The van der Waals surface area contributed by atoms with Gasteiger partial charge in [0.2, 0.25) is 17.8 Å². The Morgan fingerprint density at radius 1 is 0.774 bits per heavy atom. The predicted molar refractivity (Wildman–Crippen MR) is 123 cm³/mol. The van der Waals surface area contributed by atoms with E-state index in [1.54, 1.807) is 6.20 Å². The second-order valence-corrected chi connectivity index (χ2v) is 6.91. The Bertz CT molecular complexity index is 995. The quantitative estimate of drug-likeness (QED) is 0.400. The van der Waals surface area contributed by atoms with Gasteiger partial charge in [-0.15, -0.1) is 0 Å². The van der Waals surface area contributed by atoms with Gasteiger partial charge in [-0.05, 0) is 31.2 Å². The fourth-order valence-corrected chi connectivity index (χ4v) is 2.78. The van der Waals surface area contributed by atoms with Gasteiger partial charge in [-0.1, -0.05) is 36.4 Å². The van der Waals surface area contributed by atoms with Crippen molar-refractivity contribution in [2.45, 2.75) is 19.8 Å². The number of aromatic nitrogens is 2. The molecule has 0 saturated heterocycles. The minimum atomic E-state index is -0.0893. The molecule has 2 aromatic carbocycles. The van der Waals surface area contributed by atoms with Crippen LogP contribution in [0, 0.1) is 6.92 Å². The lowest BCUT2D eigenvalue weighted by Crippen LogP contribution is -2.18. The molecule has 4 N–H and O–H groups in total. The number of rotatable bonds is 10. The van der Waals surface area contributed by atoms with E-state index in [0.29, 0.717) is 31.3 Å². The average Bonchev–Trinajstić information content (AvgIpc) is 2.77. The molecule has 0 aliphatic carbocycles. The van der Waals surface area contributed by atoms with E-state index in [1.807, 2.05) is 67.6 Å². The highest BCUT2D eigenvalue weighted by Gasteiger charge is 2.07. The van der Waals surface area contributed by atoms with E-state index in [2.05, 4.69) is 31.2 Å². The third-order valence-corrected chi connectivity index (χ3v) is 4.37. The van der Waals surface area contributed by atoms with Gasteiger partial charge in [0.1, 0.15) is 5.82 Å². The molecular formula is C23H26N6O2. The third-order valence-electron chi connectivity index (χ3n) is 4.37. The van der Waals surface area contributed by atoms with Gasteiger partial charge >= 0.3 is 0 Å². The second-order valence-electron chi connectivity index (χ2n) is 6.91. The zero-order valence-corrected chi connectivity index (χ0v) is 17.4. The first-order chi connectivity index (χ1) is 15.1. The number of benzene rings is 2. The highest BCUT2D eigenvalue weighted by atomic mass is 16.2. The number of carbonyl (C=O) groups is 2. The van der Waals surface area contributed by atoms with Crippen molar-refractivity contribution in [1.82, 2.24) is 9.97 Å². The summed E-state index contributed by atoms with van der Waals surface area (Å²) in [5.74, 6) is 0.912. The van der Waals surface area contributed by atoms with E-state index in [0.717, 1.165) is 16.9 Å². The number of hydrogen-bond donors (Lipinski definition) is 4. The van der Waals surface area contributed by atoms with Crippen LogP contribution in [0.15, 0.2) is 66.9 Å². The van der Waals surface area contributed by atoms with E-state index < -0.39 is 0 Å². The Kier molecular flexibility index (Phi) is 7.93. The van der Waals surface area contributed by atoms with Gasteiger partial charge in [-0.3, -0.25) is 9.59 Å². The number of para-hydroxylation sites is 2. The molecule has 0 saturated carbocycles. The number of anilines is 4. The number of aryl methyl sites for hydroxylation is 1. The van der Waals surface area contributed by atoms with E-state index in [9.17, 15) is 9.59 Å². The van der Waals surface area contributed by atoms with Crippen LogP contribution in [-0.2, 0) is 9.59 Å². The Balaban J connectivity index is 1.42. The Morgan fingerprint density at radius 2 is 1.29 bits per heavy atom. The van der Waals surface area contributed by atoms with Crippen LogP contribution in [0.4, 0.5) is 23.1 Å². The monoisotopic (exact) mass is 418 g/mol. The maximum absolute atomic E-state index is 12.1. The van der Waals surface area contributed by atoms with Gasteiger partial charge in [-0.2, -0.15) is 4.98 Å². The molecule has 1 heterocycles. The van der Waals surface area contributed by atoms with Crippen molar-refractivity contribution in [2.75, 3.05) is 34.4 Å². The second kappa shape index (κ2) is 11.3. The SMILES string of the molecule is Cc1cnc(NCCC(=O)Nc2ccccc2)nc1NCCC(=O)Nc1ccccc1. The molecule has 31 heavy (non-hydrogen) atoms. The molecule has 0 bridgehead atoms. The van der Waals surface area contributed by atoms with Crippen molar-refractivity contribution in [3.8, 4) is 0 Å². The van der Waals surface area contributed by atoms with Crippen molar-refractivity contribution in [3.05, 3.63) is 72.4 Å². The normalized spacial score (nSPS) is 10.2. The largest absolute Gasteiger partial charge is 0.369 e. The minimum Gasteiger partial charge on any atom is -0.369 e. The first-order valence-electron chi connectivity index (χ1n) is 10.1. The van der Waals surface area contributed by atoms with Crippen LogP contribution < -0.4 is 21.3 Å². The highest BCUT2D eigenvalue weighted by Crippen LogP contribution is 2.13. The fourth-order valence-electron chi connectivity index (χ4n) is 2.78. The van der Waals surface area contributed by atoms with Crippen molar-refractivity contribution < 1.29 is 9.59 Å². The fraction of sp³-hybridized carbons (Fsp3) is 0.217. The van der Waals surface area contributed by atoms with Crippen molar-refractivity contribution in [3.63, 3.8) is 0 Å². The van der Waals surface area contributed by atoms with Crippen molar-refractivity contribution in [2.24, 2.45) is 0 Å². The van der Waals surface area contributed by atoms with Crippen LogP contribution in [0.5, 0.6) is 0 Å². The summed E-state index contributed by atoms with van der Waals surface area (Å²) in [6.07, 6.45) is 2.29. The van der Waals surface area contributed by atoms with Crippen LogP contribution in [-0.4, -0.2) is 34.9 Å². The number of amides is 2. The summed E-state index contributed by atoms with van der Waals surface area (Å²) in [5, 5.41) is 11.9. The zero-order valence-electron chi connectivity index (χ0n) is 17.4. The zero-order chi connectivity index (χ0) is 21.9. The van der Waals surface area contributed by atoms with Crippen LogP contribution in [0.2, 0.25) is 0 Å². The Hall–Kier alpha value is -3.94. The summed E-state index contributed by atoms with van der Waals surface area (Å²) >= 11 is 0. The topological polar surface area (TPSA) is 108 Å². The van der Waals surface area contributed by atoms with Crippen LogP contribution in [0.25, 0.3) is 0 Å². The molecule has 2 amide bonds. The molecular weight excluding hydrogens is 392 g/mol. The lowest BCUT2D eigenvalue weighted by atomic mass is 10.3.